The smallest absolute Gasteiger partial charge is 0.274 e. The van der Waals surface area contributed by atoms with Crippen molar-refractivity contribution < 1.29 is 14.3 Å². The number of hydrogen-bond acceptors (Lipinski definition) is 7. The van der Waals surface area contributed by atoms with Crippen LogP contribution in [0.4, 0.5) is 5.69 Å². The predicted molar refractivity (Wildman–Crippen MR) is 169 cm³/mol. The Morgan fingerprint density at radius 2 is 1.95 bits per heavy atom. The van der Waals surface area contributed by atoms with Gasteiger partial charge in [0.15, 0.2) is 0 Å². The number of amides is 2. The minimum absolute atomic E-state index is 0.107. The van der Waals surface area contributed by atoms with Crippen molar-refractivity contribution in [1.82, 2.24) is 25.9 Å². The Hall–Kier alpha value is -4.31. The van der Waals surface area contributed by atoms with Gasteiger partial charge in [0.25, 0.3) is 5.91 Å². The Labute approximate surface area is 256 Å². The van der Waals surface area contributed by atoms with Crippen LogP contribution in [-0.4, -0.2) is 48.5 Å². The summed E-state index contributed by atoms with van der Waals surface area (Å²) in [5, 5.41) is 12.9. The predicted octanol–water partition coefficient (Wildman–Crippen LogP) is 5.12. The van der Waals surface area contributed by atoms with Crippen LogP contribution < -0.4 is 26.0 Å². The molecule has 0 saturated carbocycles. The molecule has 4 N–H and O–H groups in total. The number of carbonyl (C=O) groups excluding carboxylic acids is 2. The van der Waals surface area contributed by atoms with E-state index in [0.29, 0.717) is 48.2 Å². The van der Waals surface area contributed by atoms with Crippen molar-refractivity contribution in [3.8, 4) is 28.1 Å². The van der Waals surface area contributed by atoms with E-state index < -0.39 is 0 Å². The molecule has 1 atom stereocenters. The summed E-state index contributed by atoms with van der Waals surface area (Å²) < 4.78 is 5.70. The summed E-state index contributed by atoms with van der Waals surface area (Å²) in [5.41, 5.74) is 7.03. The molecule has 10 heteroatoms. The summed E-state index contributed by atoms with van der Waals surface area (Å²) in [4.78, 5) is 33.3. The first-order valence-electron chi connectivity index (χ1n) is 14.2. The van der Waals surface area contributed by atoms with Gasteiger partial charge in [-0.25, -0.2) is 0 Å². The van der Waals surface area contributed by atoms with Crippen LogP contribution in [-0.2, 0) is 17.9 Å². The molecule has 2 aromatic heterocycles. The highest BCUT2D eigenvalue weighted by molar-refractivity contribution is 6.35. The van der Waals surface area contributed by atoms with E-state index in [0.717, 1.165) is 45.6 Å². The summed E-state index contributed by atoms with van der Waals surface area (Å²) in [6.07, 6.45) is 4.86. The van der Waals surface area contributed by atoms with E-state index in [1.165, 1.54) is 0 Å². The van der Waals surface area contributed by atoms with Gasteiger partial charge in [-0.2, -0.15) is 0 Å². The molecule has 0 bridgehead atoms. The fourth-order valence-electron chi connectivity index (χ4n) is 5.22. The zero-order valence-electron chi connectivity index (χ0n) is 24.5. The van der Waals surface area contributed by atoms with Gasteiger partial charge in [-0.15, -0.1) is 0 Å². The zero-order valence-corrected chi connectivity index (χ0v) is 25.2. The lowest BCUT2D eigenvalue weighted by Gasteiger charge is -2.16. The molecule has 1 fully saturated rings. The average Bonchev–Trinajstić information content (AvgIpc) is 3.44. The maximum Gasteiger partial charge on any atom is 0.274 e. The Kier molecular flexibility index (Phi) is 9.66. The molecule has 2 amide bonds. The molecule has 0 spiro atoms. The highest BCUT2D eigenvalue weighted by Crippen LogP contribution is 2.39. The molecule has 2 aromatic carbocycles. The van der Waals surface area contributed by atoms with Crippen molar-refractivity contribution in [2.45, 2.75) is 38.9 Å². The van der Waals surface area contributed by atoms with Gasteiger partial charge in [0, 0.05) is 66.9 Å². The molecule has 222 valence electrons. The third-order valence-electron chi connectivity index (χ3n) is 7.55. The number of carbonyl (C=O) groups is 2. The molecule has 0 radical (unpaired) electrons. The molecule has 1 aliphatic rings. The summed E-state index contributed by atoms with van der Waals surface area (Å²) in [6, 6.07) is 17.3. The van der Waals surface area contributed by atoms with Crippen LogP contribution in [0.1, 0.15) is 40.0 Å². The Bertz CT molecular complexity index is 1630. The van der Waals surface area contributed by atoms with Crippen LogP contribution in [0.2, 0.25) is 5.02 Å². The van der Waals surface area contributed by atoms with Gasteiger partial charge in [0.05, 0.1) is 17.8 Å². The van der Waals surface area contributed by atoms with Gasteiger partial charge in [0.2, 0.25) is 5.91 Å². The number of hydrogen-bond donors (Lipinski definition) is 4. The zero-order chi connectivity index (χ0) is 30.3. The normalized spacial score (nSPS) is 14.4. The maximum absolute atomic E-state index is 13.0. The van der Waals surface area contributed by atoms with Gasteiger partial charge in [-0.3, -0.25) is 19.6 Å². The van der Waals surface area contributed by atoms with Crippen LogP contribution in [0.3, 0.4) is 0 Å². The lowest BCUT2D eigenvalue weighted by atomic mass is 9.97. The Morgan fingerprint density at radius 3 is 2.67 bits per heavy atom. The summed E-state index contributed by atoms with van der Waals surface area (Å²) in [7, 11) is 3.50. The van der Waals surface area contributed by atoms with E-state index in [4.69, 9.17) is 16.3 Å². The number of nitrogens with one attached hydrogen (secondary N) is 4. The first kappa shape index (κ1) is 30.2. The number of pyridine rings is 2. The molecule has 43 heavy (non-hydrogen) atoms. The quantitative estimate of drug-likeness (QED) is 0.189. The van der Waals surface area contributed by atoms with E-state index in [1.54, 1.807) is 25.6 Å². The molecule has 1 saturated heterocycles. The van der Waals surface area contributed by atoms with E-state index in [-0.39, 0.29) is 17.9 Å². The second-order valence-corrected chi connectivity index (χ2v) is 10.9. The number of halogens is 1. The van der Waals surface area contributed by atoms with Crippen LogP contribution in [0.25, 0.3) is 22.4 Å². The van der Waals surface area contributed by atoms with Crippen LogP contribution in [0.15, 0.2) is 67.0 Å². The molecule has 3 heterocycles. The monoisotopic (exact) mass is 598 g/mol. The van der Waals surface area contributed by atoms with Crippen molar-refractivity contribution in [3.05, 3.63) is 94.4 Å². The fourth-order valence-corrected chi connectivity index (χ4v) is 5.54. The number of methoxy groups -OCH3 is 1. The molecule has 5 rings (SSSR count). The third kappa shape index (κ3) is 7.02. The summed E-state index contributed by atoms with van der Waals surface area (Å²) >= 11 is 7.00. The highest BCUT2D eigenvalue weighted by Gasteiger charge is 2.21. The Morgan fingerprint density at radius 1 is 1.09 bits per heavy atom. The van der Waals surface area contributed by atoms with E-state index in [1.807, 2.05) is 62.5 Å². The number of anilines is 1. The lowest BCUT2D eigenvalue weighted by molar-refractivity contribution is -0.119. The Balaban J connectivity index is 1.35. The molecular weight excluding hydrogens is 564 g/mol. The van der Waals surface area contributed by atoms with Crippen molar-refractivity contribution >= 4 is 29.1 Å². The van der Waals surface area contributed by atoms with Gasteiger partial charge in [0.1, 0.15) is 11.4 Å². The van der Waals surface area contributed by atoms with Crippen molar-refractivity contribution in [3.63, 3.8) is 0 Å². The fraction of sp³-hybridized carbons (Fsp3) is 0.273. The molecule has 9 nitrogen and oxygen atoms in total. The van der Waals surface area contributed by atoms with Crippen LogP contribution in [0.5, 0.6) is 5.75 Å². The highest BCUT2D eigenvalue weighted by atomic mass is 35.5. The van der Waals surface area contributed by atoms with Crippen LogP contribution >= 0.6 is 11.6 Å². The van der Waals surface area contributed by atoms with Crippen molar-refractivity contribution in [2.75, 3.05) is 26.0 Å². The van der Waals surface area contributed by atoms with Gasteiger partial charge in [-0.05, 0) is 61.3 Å². The van der Waals surface area contributed by atoms with Gasteiger partial charge >= 0.3 is 0 Å². The average molecular weight is 599 g/mol. The molecule has 0 unspecified atom stereocenters. The van der Waals surface area contributed by atoms with Crippen molar-refractivity contribution in [2.24, 2.45) is 0 Å². The topological polar surface area (TPSA) is 117 Å². The maximum atomic E-state index is 13.0. The number of nitrogens with zero attached hydrogens (tertiary/aromatic N) is 2. The minimum atomic E-state index is -0.285. The molecule has 1 aliphatic heterocycles. The van der Waals surface area contributed by atoms with Gasteiger partial charge < -0.3 is 26.0 Å². The second kappa shape index (κ2) is 13.8. The number of rotatable bonds is 11. The van der Waals surface area contributed by atoms with Crippen LogP contribution in [0, 0.1) is 6.92 Å². The lowest BCUT2D eigenvalue weighted by Crippen LogP contribution is -2.35. The minimum Gasteiger partial charge on any atom is -0.496 e. The standard InChI is InChI=1S/C33H35ClN6O3/c1-20-25(5-4-6-27(20)40-33(42)28-11-7-21(16-35-2)17-38-28)26-13-14-37-32(31(26)34)22-8-9-23(29(15-22)43-3)18-36-19-24-10-12-30(41)39-24/h4-9,11,13-15,17,24,35-36H,10,12,16,18-19H2,1-3H3,(H,39,41)(H,40,42)/t24-/m1/s1. The molecule has 4 aromatic rings. The molecule has 0 aliphatic carbocycles. The van der Waals surface area contributed by atoms with Crippen molar-refractivity contribution in [1.29, 1.82) is 0 Å². The SMILES string of the molecule is CNCc1ccc(C(=O)Nc2cccc(-c3ccnc(-c4ccc(CNC[C@H]5CCC(=O)N5)c(OC)c4)c3Cl)c2C)nc1. The van der Waals surface area contributed by atoms with E-state index in [9.17, 15) is 9.59 Å². The number of ether oxygens (including phenoxy) is 1. The third-order valence-corrected chi connectivity index (χ3v) is 7.93. The van der Waals surface area contributed by atoms with E-state index >= 15 is 0 Å². The first-order chi connectivity index (χ1) is 20.9. The summed E-state index contributed by atoms with van der Waals surface area (Å²) in [5.74, 6) is 0.542. The van der Waals surface area contributed by atoms with E-state index in [2.05, 4.69) is 31.2 Å². The summed E-state index contributed by atoms with van der Waals surface area (Å²) in [6.45, 7) is 3.93. The largest absolute Gasteiger partial charge is 0.496 e. The second-order valence-electron chi connectivity index (χ2n) is 10.5. The number of aromatic nitrogens is 2. The first-order valence-corrected chi connectivity index (χ1v) is 14.6. The van der Waals surface area contributed by atoms with Gasteiger partial charge in [-0.1, -0.05) is 41.9 Å². The molecular formula is C33H35ClN6O3. The number of benzene rings is 2.